The van der Waals surface area contributed by atoms with E-state index in [4.69, 9.17) is 10.5 Å². The second-order valence-corrected chi connectivity index (χ2v) is 7.07. The number of anilines is 2. The van der Waals surface area contributed by atoms with E-state index in [0.717, 1.165) is 12.8 Å². The third-order valence-electron chi connectivity index (χ3n) is 4.38. The van der Waals surface area contributed by atoms with E-state index in [1.807, 2.05) is 36.9 Å². The number of aromatic amines is 1. The van der Waals surface area contributed by atoms with Crippen molar-refractivity contribution in [2.24, 2.45) is 5.92 Å². The second-order valence-electron chi connectivity index (χ2n) is 7.07. The van der Waals surface area contributed by atoms with Gasteiger partial charge in [-0.25, -0.2) is 4.79 Å². The molecule has 0 spiro atoms. The van der Waals surface area contributed by atoms with Crippen molar-refractivity contribution in [1.82, 2.24) is 9.55 Å². The minimum Gasteiger partial charge on any atom is -0.383 e. The van der Waals surface area contributed by atoms with Crippen molar-refractivity contribution in [3.05, 3.63) is 56.7 Å². The molecule has 1 heterocycles. The fourth-order valence-corrected chi connectivity index (χ4v) is 3.08. The van der Waals surface area contributed by atoms with E-state index in [2.05, 4.69) is 17.1 Å². The summed E-state index contributed by atoms with van der Waals surface area (Å²) in [6.45, 7) is 6.09. The normalized spacial score (nSPS) is 11.1. The minimum absolute atomic E-state index is 0.216. The summed E-state index contributed by atoms with van der Waals surface area (Å²) in [5.41, 5.74) is 6.93. The van der Waals surface area contributed by atoms with Gasteiger partial charge in [0.1, 0.15) is 11.5 Å². The molecule has 0 unspecified atom stereocenters. The number of benzene rings is 1. The number of nitrogens with one attached hydrogen (secondary N) is 1. The molecule has 7 heteroatoms. The molecule has 1 aromatic heterocycles. The Hall–Kier alpha value is -2.54. The molecule has 1 aromatic carbocycles. The van der Waals surface area contributed by atoms with Crippen LogP contribution in [0, 0.1) is 5.92 Å². The number of aryl methyl sites for hydroxylation is 1. The zero-order chi connectivity index (χ0) is 19.8. The number of ether oxygens (including phenoxy) is 1. The second kappa shape index (κ2) is 9.97. The number of nitrogens with zero attached hydrogens (tertiary/aromatic N) is 2. The maximum atomic E-state index is 12.5. The smallest absolute Gasteiger partial charge is 0.330 e. The van der Waals surface area contributed by atoms with Crippen molar-refractivity contribution < 1.29 is 4.74 Å². The minimum atomic E-state index is -0.467. The number of rotatable bonds is 10. The zero-order valence-corrected chi connectivity index (χ0v) is 16.4. The molecule has 0 aliphatic carbocycles. The Kier molecular flexibility index (Phi) is 7.67. The van der Waals surface area contributed by atoms with Crippen molar-refractivity contribution in [2.75, 3.05) is 37.4 Å². The van der Waals surface area contributed by atoms with Gasteiger partial charge >= 0.3 is 5.69 Å². The number of methoxy groups -OCH3 is 1. The maximum Gasteiger partial charge on any atom is 0.330 e. The monoisotopic (exact) mass is 374 g/mol. The lowest BCUT2D eigenvalue weighted by Gasteiger charge is -2.26. The largest absolute Gasteiger partial charge is 0.383 e. The van der Waals surface area contributed by atoms with Crippen LogP contribution in [0.15, 0.2) is 39.9 Å². The summed E-state index contributed by atoms with van der Waals surface area (Å²) in [4.78, 5) is 29.0. The van der Waals surface area contributed by atoms with Gasteiger partial charge in [-0.15, -0.1) is 0 Å². The number of H-pyrrole nitrogens is 1. The van der Waals surface area contributed by atoms with E-state index in [9.17, 15) is 9.59 Å². The van der Waals surface area contributed by atoms with E-state index in [-0.39, 0.29) is 11.7 Å². The predicted octanol–water partition coefficient (Wildman–Crippen LogP) is 1.86. The van der Waals surface area contributed by atoms with Crippen molar-refractivity contribution in [3.63, 3.8) is 0 Å². The molecule has 27 heavy (non-hydrogen) atoms. The number of hydrogen-bond donors (Lipinski definition) is 2. The summed E-state index contributed by atoms with van der Waals surface area (Å²) in [6.07, 6.45) is 1.75. The standard InChI is InChI=1S/C20H30N4O3/c1-15(2)14-24-18(21)17(19(25)22-20(24)26)23(12-13-27-3)11-7-10-16-8-5-4-6-9-16/h4-6,8-9,15H,7,10-14,21H2,1-3H3,(H,22,25,26). The SMILES string of the molecule is COCCN(CCCc1ccccc1)c1c(N)n(CC(C)C)c(=O)[nH]c1=O. The highest BCUT2D eigenvalue weighted by atomic mass is 16.5. The average molecular weight is 374 g/mol. The van der Waals surface area contributed by atoms with Crippen LogP contribution in [0.4, 0.5) is 11.5 Å². The van der Waals surface area contributed by atoms with Crippen LogP contribution in [0.25, 0.3) is 0 Å². The van der Waals surface area contributed by atoms with Gasteiger partial charge in [-0.2, -0.15) is 0 Å². The highest BCUT2D eigenvalue weighted by molar-refractivity contribution is 5.62. The molecule has 0 bridgehead atoms. The van der Waals surface area contributed by atoms with Crippen LogP contribution in [-0.4, -0.2) is 36.4 Å². The number of nitrogens with two attached hydrogens (primary N) is 1. The van der Waals surface area contributed by atoms with E-state index in [0.29, 0.717) is 31.9 Å². The van der Waals surface area contributed by atoms with E-state index in [1.165, 1.54) is 10.1 Å². The van der Waals surface area contributed by atoms with Gasteiger partial charge in [0.05, 0.1) is 6.61 Å². The number of aromatic nitrogens is 2. The first-order chi connectivity index (χ1) is 12.9. The molecular weight excluding hydrogens is 344 g/mol. The predicted molar refractivity (Wildman–Crippen MR) is 109 cm³/mol. The van der Waals surface area contributed by atoms with Crippen molar-refractivity contribution in [1.29, 1.82) is 0 Å². The van der Waals surface area contributed by atoms with Crippen LogP contribution >= 0.6 is 0 Å². The summed E-state index contributed by atoms with van der Waals surface area (Å²) in [6, 6.07) is 10.2. The van der Waals surface area contributed by atoms with Gasteiger partial charge in [0.25, 0.3) is 5.56 Å². The molecule has 7 nitrogen and oxygen atoms in total. The van der Waals surface area contributed by atoms with Crippen molar-refractivity contribution in [3.8, 4) is 0 Å². The molecule has 148 valence electrons. The van der Waals surface area contributed by atoms with E-state index < -0.39 is 11.2 Å². The molecule has 0 saturated heterocycles. The van der Waals surface area contributed by atoms with Gasteiger partial charge in [-0.1, -0.05) is 44.2 Å². The Balaban J connectivity index is 2.26. The van der Waals surface area contributed by atoms with Crippen LogP contribution in [-0.2, 0) is 17.7 Å². The lowest BCUT2D eigenvalue weighted by atomic mass is 10.1. The van der Waals surface area contributed by atoms with Crippen molar-refractivity contribution >= 4 is 11.5 Å². The maximum absolute atomic E-state index is 12.5. The van der Waals surface area contributed by atoms with Crippen LogP contribution in [0.3, 0.4) is 0 Å². The highest BCUT2D eigenvalue weighted by Gasteiger charge is 2.19. The molecule has 0 fully saturated rings. The Labute approximate surface area is 159 Å². The van der Waals surface area contributed by atoms with Gasteiger partial charge in [-0.3, -0.25) is 14.3 Å². The summed E-state index contributed by atoms with van der Waals surface area (Å²) >= 11 is 0. The van der Waals surface area contributed by atoms with Gasteiger partial charge in [0.2, 0.25) is 0 Å². The lowest BCUT2D eigenvalue weighted by Crippen LogP contribution is -2.40. The van der Waals surface area contributed by atoms with Crippen LogP contribution in [0.1, 0.15) is 25.8 Å². The number of hydrogen-bond acceptors (Lipinski definition) is 5. The molecule has 2 aromatic rings. The third-order valence-corrected chi connectivity index (χ3v) is 4.38. The van der Waals surface area contributed by atoms with Gasteiger partial charge in [0.15, 0.2) is 0 Å². The molecule has 0 aliphatic heterocycles. The van der Waals surface area contributed by atoms with E-state index in [1.54, 1.807) is 7.11 Å². The molecule has 0 atom stereocenters. The van der Waals surface area contributed by atoms with Crippen LogP contribution in [0.2, 0.25) is 0 Å². The fourth-order valence-electron chi connectivity index (χ4n) is 3.08. The quantitative estimate of drug-likeness (QED) is 0.662. The van der Waals surface area contributed by atoms with Crippen molar-refractivity contribution in [2.45, 2.75) is 33.2 Å². The average Bonchev–Trinajstić information content (AvgIpc) is 2.63. The molecule has 2 rings (SSSR count). The topological polar surface area (TPSA) is 93.3 Å². The number of nitrogen functional groups attached to an aromatic ring is 1. The van der Waals surface area contributed by atoms with Gasteiger partial charge < -0.3 is 15.4 Å². The first-order valence-corrected chi connectivity index (χ1v) is 9.34. The highest BCUT2D eigenvalue weighted by Crippen LogP contribution is 2.18. The zero-order valence-electron chi connectivity index (χ0n) is 16.4. The molecule has 0 radical (unpaired) electrons. The first kappa shape index (κ1) is 20.8. The lowest BCUT2D eigenvalue weighted by molar-refractivity contribution is 0.205. The Morgan fingerprint density at radius 1 is 1.19 bits per heavy atom. The van der Waals surface area contributed by atoms with Crippen LogP contribution < -0.4 is 21.9 Å². The fraction of sp³-hybridized carbons (Fsp3) is 0.500. The van der Waals surface area contributed by atoms with Gasteiger partial charge in [0, 0.05) is 26.7 Å². The van der Waals surface area contributed by atoms with Gasteiger partial charge in [-0.05, 0) is 24.3 Å². The summed E-state index contributed by atoms with van der Waals surface area (Å²) in [5, 5.41) is 0. The molecular formula is C20H30N4O3. The van der Waals surface area contributed by atoms with E-state index >= 15 is 0 Å². The Morgan fingerprint density at radius 3 is 2.52 bits per heavy atom. The Morgan fingerprint density at radius 2 is 1.89 bits per heavy atom. The third kappa shape index (κ3) is 5.72. The summed E-state index contributed by atoms with van der Waals surface area (Å²) in [5.74, 6) is 0.447. The summed E-state index contributed by atoms with van der Waals surface area (Å²) in [7, 11) is 1.62. The molecule has 0 saturated carbocycles. The van der Waals surface area contributed by atoms with Crippen LogP contribution in [0.5, 0.6) is 0 Å². The Bertz CT molecular complexity index is 827. The summed E-state index contributed by atoms with van der Waals surface area (Å²) < 4.78 is 6.64. The molecule has 3 N–H and O–H groups in total. The molecule has 0 amide bonds. The molecule has 0 aliphatic rings. The first-order valence-electron chi connectivity index (χ1n) is 9.34.